The second kappa shape index (κ2) is 5.42. The van der Waals surface area contributed by atoms with Gasteiger partial charge in [0, 0.05) is 38.3 Å². The highest BCUT2D eigenvalue weighted by Gasteiger charge is 2.00. The van der Waals surface area contributed by atoms with Crippen molar-refractivity contribution in [2.75, 3.05) is 6.54 Å². The smallest absolute Gasteiger partial charge is 0.219 e. The molecule has 0 atom stereocenters. The first-order chi connectivity index (χ1) is 6.74. The Balaban J connectivity index is 2.22. The van der Waals surface area contributed by atoms with E-state index in [1.807, 2.05) is 24.7 Å². The maximum Gasteiger partial charge on any atom is 0.219 e. The van der Waals surface area contributed by atoms with Crippen molar-refractivity contribution in [2.45, 2.75) is 26.2 Å². The van der Waals surface area contributed by atoms with E-state index in [0.717, 1.165) is 18.5 Å². The van der Waals surface area contributed by atoms with E-state index in [2.05, 4.69) is 10.3 Å². The molecule has 0 aliphatic heterocycles. The summed E-state index contributed by atoms with van der Waals surface area (Å²) >= 11 is 0. The number of carbonyl (C=O) groups excluding carboxylic acids is 1. The predicted octanol–water partition coefficient (Wildman–Crippen LogP) is 0.879. The second-order valence-electron chi connectivity index (χ2n) is 3.35. The largest absolute Gasteiger partial charge is 0.356 e. The van der Waals surface area contributed by atoms with E-state index in [4.69, 9.17) is 0 Å². The van der Waals surface area contributed by atoms with Crippen LogP contribution in [0.4, 0.5) is 0 Å². The molecule has 0 saturated carbocycles. The Hall–Kier alpha value is -1.32. The van der Waals surface area contributed by atoms with Gasteiger partial charge >= 0.3 is 0 Å². The zero-order valence-corrected chi connectivity index (χ0v) is 8.79. The van der Waals surface area contributed by atoms with Crippen LogP contribution in [-0.2, 0) is 18.3 Å². The Bertz CT molecular complexity index is 293. The molecule has 1 aromatic rings. The molecule has 0 aromatic carbocycles. The summed E-state index contributed by atoms with van der Waals surface area (Å²) < 4.78 is 1.96. The van der Waals surface area contributed by atoms with Crippen LogP contribution in [0.3, 0.4) is 0 Å². The van der Waals surface area contributed by atoms with Crippen molar-refractivity contribution in [1.29, 1.82) is 0 Å². The lowest BCUT2D eigenvalue weighted by Crippen LogP contribution is -2.25. The third-order valence-electron chi connectivity index (χ3n) is 2.10. The number of hydrogen-bond acceptors (Lipinski definition) is 2. The SMILES string of the molecule is CCCC(=O)NCCc1cncn1C. The summed E-state index contributed by atoms with van der Waals surface area (Å²) in [6.07, 6.45) is 5.95. The van der Waals surface area contributed by atoms with Gasteiger partial charge in [-0.1, -0.05) is 6.92 Å². The minimum atomic E-state index is 0.134. The Kier molecular flexibility index (Phi) is 4.16. The molecule has 4 nitrogen and oxygen atoms in total. The Morgan fingerprint density at radius 2 is 2.43 bits per heavy atom. The molecular formula is C10H17N3O. The third-order valence-corrected chi connectivity index (χ3v) is 2.10. The first-order valence-electron chi connectivity index (χ1n) is 4.96. The number of aromatic nitrogens is 2. The van der Waals surface area contributed by atoms with Crippen LogP contribution in [-0.4, -0.2) is 22.0 Å². The van der Waals surface area contributed by atoms with Gasteiger partial charge in [0.05, 0.1) is 6.33 Å². The monoisotopic (exact) mass is 195 g/mol. The van der Waals surface area contributed by atoms with Crippen LogP contribution in [0.2, 0.25) is 0 Å². The van der Waals surface area contributed by atoms with Crippen LogP contribution in [0, 0.1) is 0 Å². The number of imidazole rings is 1. The third kappa shape index (κ3) is 3.20. The van der Waals surface area contributed by atoms with Gasteiger partial charge in [-0.2, -0.15) is 0 Å². The van der Waals surface area contributed by atoms with Gasteiger partial charge in [-0.3, -0.25) is 4.79 Å². The van der Waals surface area contributed by atoms with E-state index in [-0.39, 0.29) is 5.91 Å². The first kappa shape index (κ1) is 10.8. The van der Waals surface area contributed by atoms with Crippen LogP contribution in [0.25, 0.3) is 0 Å². The van der Waals surface area contributed by atoms with Crippen molar-refractivity contribution in [1.82, 2.24) is 14.9 Å². The minimum Gasteiger partial charge on any atom is -0.356 e. The Labute approximate surface area is 84.3 Å². The van der Waals surface area contributed by atoms with Gasteiger partial charge in [-0.25, -0.2) is 4.98 Å². The molecule has 78 valence electrons. The van der Waals surface area contributed by atoms with Crippen molar-refractivity contribution in [3.8, 4) is 0 Å². The first-order valence-corrected chi connectivity index (χ1v) is 4.96. The highest BCUT2D eigenvalue weighted by atomic mass is 16.1. The van der Waals surface area contributed by atoms with Crippen molar-refractivity contribution in [3.63, 3.8) is 0 Å². The van der Waals surface area contributed by atoms with Crippen LogP contribution in [0.1, 0.15) is 25.5 Å². The molecule has 0 aliphatic rings. The zero-order valence-electron chi connectivity index (χ0n) is 8.79. The summed E-state index contributed by atoms with van der Waals surface area (Å²) in [4.78, 5) is 15.1. The van der Waals surface area contributed by atoms with Crippen LogP contribution in [0.15, 0.2) is 12.5 Å². The Morgan fingerprint density at radius 3 is 3.00 bits per heavy atom. The number of aryl methyl sites for hydroxylation is 1. The van der Waals surface area contributed by atoms with E-state index in [1.165, 1.54) is 0 Å². The number of carbonyl (C=O) groups is 1. The fourth-order valence-corrected chi connectivity index (χ4v) is 1.27. The molecule has 1 amide bonds. The van der Waals surface area contributed by atoms with Gasteiger partial charge in [0.25, 0.3) is 0 Å². The predicted molar refractivity (Wildman–Crippen MR) is 54.8 cm³/mol. The average molecular weight is 195 g/mol. The van der Waals surface area contributed by atoms with Crippen molar-refractivity contribution in [2.24, 2.45) is 7.05 Å². The molecule has 0 spiro atoms. The molecule has 0 saturated heterocycles. The zero-order chi connectivity index (χ0) is 10.4. The van der Waals surface area contributed by atoms with Crippen molar-refractivity contribution < 1.29 is 4.79 Å². The molecular weight excluding hydrogens is 178 g/mol. The number of rotatable bonds is 5. The minimum absolute atomic E-state index is 0.134. The van der Waals surface area contributed by atoms with Crippen molar-refractivity contribution in [3.05, 3.63) is 18.2 Å². The molecule has 0 bridgehead atoms. The lowest BCUT2D eigenvalue weighted by atomic mass is 10.3. The van der Waals surface area contributed by atoms with E-state index in [9.17, 15) is 4.79 Å². The van der Waals surface area contributed by atoms with E-state index >= 15 is 0 Å². The van der Waals surface area contributed by atoms with Gasteiger partial charge < -0.3 is 9.88 Å². The summed E-state index contributed by atoms with van der Waals surface area (Å²) in [7, 11) is 1.95. The lowest BCUT2D eigenvalue weighted by Gasteiger charge is -2.04. The highest BCUT2D eigenvalue weighted by Crippen LogP contribution is 1.96. The van der Waals surface area contributed by atoms with Crippen LogP contribution >= 0.6 is 0 Å². The van der Waals surface area contributed by atoms with Gasteiger partial charge in [0.2, 0.25) is 5.91 Å². The number of hydrogen-bond donors (Lipinski definition) is 1. The molecule has 14 heavy (non-hydrogen) atoms. The molecule has 0 fully saturated rings. The standard InChI is InChI=1S/C10H17N3O/c1-3-4-10(14)12-6-5-9-7-11-8-13(9)2/h7-8H,3-6H2,1-2H3,(H,12,14). The molecule has 4 heteroatoms. The number of nitrogens with zero attached hydrogens (tertiary/aromatic N) is 2. The maximum atomic E-state index is 11.1. The molecule has 1 rings (SSSR count). The van der Waals surface area contributed by atoms with Crippen LogP contribution < -0.4 is 5.32 Å². The highest BCUT2D eigenvalue weighted by molar-refractivity contribution is 5.75. The lowest BCUT2D eigenvalue weighted by molar-refractivity contribution is -0.121. The van der Waals surface area contributed by atoms with Gasteiger partial charge in [0.15, 0.2) is 0 Å². The molecule has 1 N–H and O–H groups in total. The quantitative estimate of drug-likeness (QED) is 0.758. The van der Waals surface area contributed by atoms with Crippen molar-refractivity contribution >= 4 is 5.91 Å². The summed E-state index contributed by atoms with van der Waals surface area (Å²) in [5.41, 5.74) is 1.14. The van der Waals surface area contributed by atoms with Gasteiger partial charge in [-0.15, -0.1) is 0 Å². The number of amides is 1. The van der Waals surface area contributed by atoms with E-state index in [1.54, 1.807) is 6.33 Å². The second-order valence-corrected chi connectivity index (χ2v) is 3.35. The van der Waals surface area contributed by atoms with E-state index < -0.39 is 0 Å². The molecule has 0 radical (unpaired) electrons. The Morgan fingerprint density at radius 1 is 1.64 bits per heavy atom. The summed E-state index contributed by atoms with van der Waals surface area (Å²) in [6, 6.07) is 0. The summed E-state index contributed by atoms with van der Waals surface area (Å²) in [6.45, 7) is 2.69. The number of nitrogens with one attached hydrogen (secondary N) is 1. The van der Waals surface area contributed by atoms with Gasteiger partial charge in [0.1, 0.15) is 0 Å². The summed E-state index contributed by atoms with van der Waals surface area (Å²) in [5, 5.41) is 2.87. The molecule has 1 aromatic heterocycles. The summed E-state index contributed by atoms with van der Waals surface area (Å²) in [5.74, 6) is 0.134. The fraction of sp³-hybridized carbons (Fsp3) is 0.600. The average Bonchev–Trinajstić information content (AvgIpc) is 2.52. The van der Waals surface area contributed by atoms with E-state index in [0.29, 0.717) is 13.0 Å². The fourth-order valence-electron chi connectivity index (χ4n) is 1.27. The van der Waals surface area contributed by atoms with Gasteiger partial charge in [-0.05, 0) is 6.42 Å². The molecule has 1 heterocycles. The van der Waals surface area contributed by atoms with Crippen LogP contribution in [0.5, 0.6) is 0 Å². The molecule has 0 unspecified atom stereocenters. The maximum absolute atomic E-state index is 11.1. The normalized spacial score (nSPS) is 10.1. The topological polar surface area (TPSA) is 46.9 Å². The molecule has 0 aliphatic carbocycles.